The Morgan fingerprint density at radius 2 is 2.12 bits per heavy atom. The highest BCUT2D eigenvalue weighted by Crippen LogP contribution is 2.28. The first-order valence-electron chi connectivity index (χ1n) is 7.99. The average Bonchev–Trinajstić information content (AvgIpc) is 3.26. The van der Waals surface area contributed by atoms with Gasteiger partial charge in [0.1, 0.15) is 5.01 Å². The highest BCUT2D eigenvalue weighted by molar-refractivity contribution is 7.99. The zero-order valence-corrected chi connectivity index (χ0v) is 16.9. The van der Waals surface area contributed by atoms with Gasteiger partial charge in [-0.2, -0.15) is 11.3 Å². The number of nitrogens with zero attached hydrogens (tertiary/aromatic N) is 1. The molecule has 3 nitrogen and oxygen atoms in total. The van der Waals surface area contributed by atoms with Gasteiger partial charge in [-0.05, 0) is 49.4 Å². The smallest absolute Gasteiger partial charge is 0.237 e. The predicted molar refractivity (Wildman–Crippen MR) is 111 cm³/mol. The minimum Gasteiger partial charge on any atom is -0.325 e. The Morgan fingerprint density at radius 1 is 1.28 bits per heavy atom. The number of rotatable bonds is 6. The summed E-state index contributed by atoms with van der Waals surface area (Å²) in [6.45, 7) is 5.98. The fraction of sp³-hybridized carbons (Fsp3) is 0.263. The zero-order chi connectivity index (χ0) is 17.8. The number of aromatic nitrogens is 1. The number of hydrogen-bond donors (Lipinski definition) is 1. The number of thiophene rings is 1. The van der Waals surface area contributed by atoms with Gasteiger partial charge in [0.25, 0.3) is 0 Å². The van der Waals surface area contributed by atoms with Crippen LogP contribution in [0.5, 0.6) is 0 Å². The number of benzene rings is 1. The summed E-state index contributed by atoms with van der Waals surface area (Å²) in [7, 11) is 0. The van der Waals surface area contributed by atoms with Crippen molar-refractivity contribution < 1.29 is 4.79 Å². The Kier molecular flexibility index (Phi) is 5.93. The van der Waals surface area contributed by atoms with E-state index in [9.17, 15) is 4.79 Å². The number of nitrogens with one attached hydrogen (secondary N) is 1. The molecule has 0 aliphatic heterocycles. The topological polar surface area (TPSA) is 42.0 Å². The van der Waals surface area contributed by atoms with Crippen LogP contribution in [0, 0.1) is 13.8 Å². The number of amides is 1. The number of thiazole rings is 1. The normalized spacial score (nSPS) is 12.1. The first-order valence-corrected chi connectivity index (χ1v) is 10.9. The van der Waals surface area contributed by atoms with E-state index in [2.05, 4.69) is 38.6 Å². The van der Waals surface area contributed by atoms with Crippen LogP contribution in [0.4, 0.5) is 5.69 Å². The van der Waals surface area contributed by atoms with Crippen molar-refractivity contribution in [3.63, 3.8) is 0 Å². The first-order chi connectivity index (χ1) is 12.0. The van der Waals surface area contributed by atoms with E-state index in [1.807, 2.05) is 32.9 Å². The Bertz CT molecular complexity index is 855. The molecule has 0 bridgehead atoms. The number of hydrogen-bond acceptors (Lipinski definition) is 5. The lowest BCUT2D eigenvalue weighted by Gasteiger charge is -2.13. The van der Waals surface area contributed by atoms with E-state index in [0.29, 0.717) is 0 Å². The molecule has 3 aromatic rings. The van der Waals surface area contributed by atoms with Crippen LogP contribution in [-0.2, 0) is 10.5 Å². The standard InChI is InChI=1S/C19H20N2OS3/c1-12-4-5-13(2)17(8-12)21-18(22)14(3)24-10-16-11-25-19(20-16)15-6-7-23-9-15/h4-9,11,14H,10H2,1-3H3,(H,21,22)/t14-/m0/s1. The predicted octanol–water partition coefficient (Wildman–Crippen LogP) is 5.75. The van der Waals surface area contributed by atoms with Gasteiger partial charge < -0.3 is 5.32 Å². The van der Waals surface area contributed by atoms with Gasteiger partial charge in [-0.25, -0.2) is 4.98 Å². The summed E-state index contributed by atoms with van der Waals surface area (Å²) in [4.78, 5) is 17.1. The molecular formula is C19H20N2OS3. The van der Waals surface area contributed by atoms with E-state index in [4.69, 9.17) is 0 Å². The van der Waals surface area contributed by atoms with Crippen LogP contribution >= 0.6 is 34.4 Å². The Balaban J connectivity index is 1.56. The lowest BCUT2D eigenvalue weighted by molar-refractivity contribution is -0.115. The second-order valence-corrected chi connectivity index (χ2v) is 8.88. The molecule has 0 spiro atoms. The van der Waals surface area contributed by atoms with Gasteiger partial charge in [0.15, 0.2) is 0 Å². The largest absolute Gasteiger partial charge is 0.325 e. The Morgan fingerprint density at radius 3 is 2.88 bits per heavy atom. The number of carbonyl (C=O) groups is 1. The summed E-state index contributed by atoms with van der Waals surface area (Å²) in [6.07, 6.45) is 0. The molecule has 1 atom stereocenters. The van der Waals surface area contributed by atoms with E-state index in [0.717, 1.165) is 33.3 Å². The maximum atomic E-state index is 12.4. The van der Waals surface area contributed by atoms with Gasteiger partial charge in [-0.1, -0.05) is 12.1 Å². The third-order valence-electron chi connectivity index (χ3n) is 3.82. The Labute approximate surface area is 160 Å². The van der Waals surface area contributed by atoms with Crippen LogP contribution in [0.1, 0.15) is 23.7 Å². The van der Waals surface area contributed by atoms with Gasteiger partial charge in [-0.3, -0.25) is 4.79 Å². The van der Waals surface area contributed by atoms with E-state index in [1.165, 1.54) is 5.56 Å². The third-order valence-corrected chi connectivity index (χ3v) is 6.62. The van der Waals surface area contributed by atoms with Crippen molar-refractivity contribution in [1.82, 2.24) is 4.98 Å². The summed E-state index contributed by atoms with van der Waals surface area (Å²) in [5.74, 6) is 0.772. The molecule has 0 saturated carbocycles. The van der Waals surface area contributed by atoms with Gasteiger partial charge in [0.05, 0.1) is 10.9 Å². The van der Waals surface area contributed by atoms with Gasteiger partial charge in [0, 0.05) is 27.8 Å². The molecule has 0 aliphatic rings. The lowest BCUT2D eigenvalue weighted by atomic mass is 10.1. The van der Waals surface area contributed by atoms with Crippen molar-refractivity contribution in [3.8, 4) is 10.6 Å². The molecule has 2 aromatic heterocycles. The second-order valence-electron chi connectivity index (χ2n) is 5.92. The number of aryl methyl sites for hydroxylation is 2. The monoisotopic (exact) mass is 388 g/mol. The number of carbonyl (C=O) groups excluding carboxylic acids is 1. The number of thioether (sulfide) groups is 1. The maximum absolute atomic E-state index is 12.4. The van der Waals surface area contributed by atoms with Crippen LogP contribution in [0.25, 0.3) is 10.6 Å². The molecule has 0 saturated heterocycles. The molecule has 130 valence electrons. The van der Waals surface area contributed by atoms with Crippen molar-refractivity contribution in [2.75, 3.05) is 5.32 Å². The van der Waals surface area contributed by atoms with E-state index < -0.39 is 0 Å². The minimum absolute atomic E-state index is 0.0342. The van der Waals surface area contributed by atoms with Crippen molar-refractivity contribution in [3.05, 3.63) is 57.2 Å². The summed E-state index contributed by atoms with van der Waals surface area (Å²) >= 11 is 4.94. The molecule has 25 heavy (non-hydrogen) atoms. The molecule has 0 fully saturated rings. The van der Waals surface area contributed by atoms with Crippen LogP contribution in [-0.4, -0.2) is 16.1 Å². The zero-order valence-electron chi connectivity index (χ0n) is 14.4. The second kappa shape index (κ2) is 8.17. The van der Waals surface area contributed by atoms with Crippen molar-refractivity contribution >= 4 is 46.0 Å². The van der Waals surface area contributed by atoms with Crippen molar-refractivity contribution in [2.45, 2.75) is 31.8 Å². The van der Waals surface area contributed by atoms with E-state index in [-0.39, 0.29) is 11.2 Å². The summed E-state index contributed by atoms with van der Waals surface area (Å²) in [6, 6.07) is 8.18. The molecule has 1 aromatic carbocycles. The molecule has 6 heteroatoms. The van der Waals surface area contributed by atoms with E-state index >= 15 is 0 Å². The van der Waals surface area contributed by atoms with Gasteiger partial charge in [0.2, 0.25) is 5.91 Å². The minimum atomic E-state index is -0.133. The molecule has 0 unspecified atom stereocenters. The molecule has 1 amide bonds. The molecule has 2 heterocycles. The summed E-state index contributed by atoms with van der Waals surface area (Å²) in [5, 5.41) is 10.2. The molecule has 3 rings (SSSR count). The summed E-state index contributed by atoms with van der Waals surface area (Å²) < 4.78 is 0. The molecule has 0 aliphatic carbocycles. The first kappa shape index (κ1) is 18.2. The molecule has 0 radical (unpaired) electrons. The molecule has 1 N–H and O–H groups in total. The van der Waals surface area contributed by atoms with E-state index in [1.54, 1.807) is 34.4 Å². The highest BCUT2D eigenvalue weighted by atomic mass is 32.2. The van der Waals surface area contributed by atoms with Gasteiger partial charge >= 0.3 is 0 Å². The Hall–Kier alpha value is -1.63. The lowest BCUT2D eigenvalue weighted by Crippen LogP contribution is -2.23. The fourth-order valence-electron chi connectivity index (χ4n) is 2.28. The van der Waals surface area contributed by atoms with Crippen LogP contribution in [0.2, 0.25) is 0 Å². The van der Waals surface area contributed by atoms with Crippen LogP contribution < -0.4 is 5.32 Å². The SMILES string of the molecule is Cc1ccc(C)c(NC(=O)[C@H](C)SCc2csc(-c3ccsc3)n2)c1. The quantitative estimate of drug-likeness (QED) is 0.585. The summed E-state index contributed by atoms with van der Waals surface area (Å²) in [5.41, 5.74) is 5.32. The third kappa shape index (κ3) is 4.71. The van der Waals surface area contributed by atoms with Gasteiger partial charge in [-0.15, -0.1) is 23.1 Å². The molecular weight excluding hydrogens is 368 g/mol. The van der Waals surface area contributed by atoms with Crippen molar-refractivity contribution in [2.24, 2.45) is 0 Å². The highest BCUT2D eigenvalue weighted by Gasteiger charge is 2.15. The average molecular weight is 389 g/mol. The number of anilines is 1. The van der Waals surface area contributed by atoms with Crippen LogP contribution in [0.15, 0.2) is 40.4 Å². The van der Waals surface area contributed by atoms with Crippen LogP contribution in [0.3, 0.4) is 0 Å². The van der Waals surface area contributed by atoms with Crippen molar-refractivity contribution in [1.29, 1.82) is 0 Å². The fourth-order valence-corrected chi connectivity index (χ4v) is 4.70. The maximum Gasteiger partial charge on any atom is 0.237 e.